The first-order chi connectivity index (χ1) is 12.2. The molecule has 6 rings (SSSR count). The average Bonchev–Trinajstić information content (AvgIpc) is 3.18. The topological polar surface area (TPSA) is 17.0 Å². The van der Waals surface area contributed by atoms with Crippen LogP contribution in [0.4, 0.5) is 0 Å². The minimum Gasteiger partial charge on any atom is -0.454 e. The van der Waals surface area contributed by atoms with Crippen molar-refractivity contribution in [2.45, 2.75) is 16.7 Å². The van der Waals surface area contributed by atoms with Crippen LogP contribution in [0.15, 0.2) is 63.1 Å². The molecule has 2 aromatic carbocycles. The maximum absolute atomic E-state index is 5.68. The average molecular weight is 360 g/mol. The van der Waals surface area contributed by atoms with Gasteiger partial charge in [0.05, 0.1) is 17.2 Å². The van der Waals surface area contributed by atoms with Crippen LogP contribution in [0.25, 0.3) is 42.4 Å². The van der Waals surface area contributed by atoms with E-state index in [0.717, 1.165) is 4.90 Å². The highest BCUT2D eigenvalue weighted by molar-refractivity contribution is 7.99. The molecular formula is C21H14NOS2+. The van der Waals surface area contributed by atoms with E-state index in [1.807, 2.05) is 11.8 Å². The quantitative estimate of drug-likeness (QED) is 0.306. The lowest BCUT2D eigenvalue weighted by Gasteiger charge is -2.19. The van der Waals surface area contributed by atoms with E-state index in [-0.39, 0.29) is 0 Å². The first-order valence-corrected chi connectivity index (χ1v) is 9.88. The van der Waals surface area contributed by atoms with Crippen molar-refractivity contribution in [2.75, 3.05) is 0 Å². The Balaban J connectivity index is 1.89. The maximum Gasteiger partial charge on any atom is 0.222 e. The number of hydrogen-bond acceptors (Lipinski definition) is 3. The van der Waals surface area contributed by atoms with E-state index in [9.17, 15) is 0 Å². The molecule has 0 saturated carbocycles. The van der Waals surface area contributed by atoms with Crippen molar-refractivity contribution in [1.82, 2.24) is 0 Å². The second-order valence-corrected chi connectivity index (χ2v) is 8.66. The zero-order valence-electron chi connectivity index (χ0n) is 13.8. The van der Waals surface area contributed by atoms with E-state index in [0.29, 0.717) is 0 Å². The van der Waals surface area contributed by atoms with Crippen molar-refractivity contribution in [1.29, 1.82) is 0 Å². The molecule has 3 aromatic heterocycles. The van der Waals surface area contributed by atoms with Gasteiger partial charge in [-0.1, -0.05) is 35.2 Å². The normalized spacial score (nSPS) is 13.0. The predicted octanol–water partition coefficient (Wildman–Crippen LogP) is 6.07. The number of aromatic nitrogens is 1. The van der Waals surface area contributed by atoms with E-state index in [4.69, 9.17) is 4.42 Å². The van der Waals surface area contributed by atoms with Crippen LogP contribution in [0, 0.1) is 6.92 Å². The monoisotopic (exact) mass is 360 g/mol. The molecule has 0 amide bonds. The Bertz CT molecular complexity index is 1340. The van der Waals surface area contributed by atoms with Gasteiger partial charge in [0.15, 0.2) is 11.1 Å². The molecule has 1 aliphatic rings. The lowest BCUT2D eigenvalue weighted by atomic mass is 9.98. The Morgan fingerprint density at radius 1 is 1.00 bits per heavy atom. The zero-order valence-corrected chi connectivity index (χ0v) is 15.4. The fourth-order valence-corrected chi connectivity index (χ4v) is 6.37. The minimum atomic E-state index is 1.01. The maximum atomic E-state index is 5.68. The van der Waals surface area contributed by atoms with Gasteiger partial charge in [0.1, 0.15) is 7.05 Å². The number of hydrogen-bond donors (Lipinski definition) is 0. The van der Waals surface area contributed by atoms with Gasteiger partial charge in [-0.25, -0.2) is 4.57 Å². The summed E-state index contributed by atoms with van der Waals surface area (Å²) in [5.74, 6) is 0. The van der Waals surface area contributed by atoms with Gasteiger partial charge >= 0.3 is 0 Å². The molecule has 0 unspecified atom stereocenters. The molecule has 0 radical (unpaired) electrons. The van der Waals surface area contributed by atoms with Gasteiger partial charge in [0.2, 0.25) is 5.69 Å². The molecule has 0 spiro atoms. The van der Waals surface area contributed by atoms with E-state index < -0.39 is 0 Å². The molecule has 0 bridgehead atoms. The molecule has 2 nitrogen and oxygen atoms in total. The summed E-state index contributed by atoms with van der Waals surface area (Å²) in [4.78, 5) is 3.70. The summed E-state index contributed by atoms with van der Waals surface area (Å²) < 4.78 is 9.27. The summed E-state index contributed by atoms with van der Waals surface area (Å²) in [6, 6.07) is 13.3. The molecule has 0 atom stereocenters. The molecule has 0 fully saturated rings. The van der Waals surface area contributed by atoms with E-state index in [2.05, 4.69) is 61.1 Å². The molecule has 0 N–H and O–H groups in total. The zero-order chi connectivity index (χ0) is 16.7. The molecule has 25 heavy (non-hydrogen) atoms. The lowest BCUT2D eigenvalue weighted by Crippen LogP contribution is -2.31. The van der Waals surface area contributed by atoms with Gasteiger partial charge < -0.3 is 4.42 Å². The van der Waals surface area contributed by atoms with Crippen molar-refractivity contribution in [3.63, 3.8) is 0 Å². The van der Waals surface area contributed by atoms with Gasteiger partial charge in [-0.3, -0.25) is 0 Å². The number of rotatable bonds is 0. The minimum absolute atomic E-state index is 1.01. The highest BCUT2D eigenvalue weighted by Gasteiger charge is 2.29. The third-order valence-corrected chi connectivity index (χ3v) is 7.39. The third-order valence-electron chi connectivity index (χ3n) is 5.14. The first-order valence-electron chi connectivity index (χ1n) is 8.25. The lowest BCUT2D eigenvalue weighted by molar-refractivity contribution is -0.659. The fraction of sp³-hybridized carbons (Fsp3) is 0.0952. The SMILES string of the molecule is Cc1cccc2c1-c1c3c(cc4c5ccoc5sc4c3cc[n+]1C)S2. The summed E-state index contributed by atoms with van der Waals surface area (Å²) in [5.41, 5.74) is 4.03. The molecule has 0 aliphatic carbocycles. The second kappa shape index (κ2) is 4.65. The second-order valence-electron chi connectivity index (χ2n) is 6.59. The Morgan fingerprint density at radius 3 is 2.84 bits per heavy atom. The molecular weight excluding hydrogens is 346 g/mol. The van der Waals surface area contributed by atoms with Gasteiger partial charge in [-0.2, -0.15) is 0 Å². The van der Waals surface area contributed by atoms with Crippen molar-refractivity contribution in [3.8, 4) is 11.3 Å². The first kappa shape index (κ1) is 13.9. The van der Waals surface area contributed by atoms with Crippen LogP contribution in [-0.2, 0) is 7.05 Å². The Hall–Kier alpha value is -2.30. The van der Waals surface area contributed by atoms with E-state index >= 15 is 0 Å². The number of nitrogens with zero attached hydrogens (tertiary/aromatic N) is 1. The molecule has 0 saturated heterocycles. The summed E-state index contributed by atoms with van der Waals surface area (Å²) in [6.07, 6.45) is 3.98. The highest BCUT2D eigenvalue weighted by Crippen LogP contribution is 2.51. The van der Waals surface area contributed by atoms with Gasteiger partial charge in [-0.05, 0) is 30.7 Å². The van der Waals surface area contributed by atoms with Gasteiger partial charge in [0.25, 0.3) is 0 Å². The van der Waals surface area contributed by atoms with Crippen LogP contribution in [0.3, 0.4) is 0 Å². The number of aryl methyl sites for hydroxylation is 2. The number of pyridine rings is 1. The van der Waals surface area contributed by atoms with Crippen LogP contribution >= 0.6 is 23.1 Å². The third kappa shape index (κ3) is 1.68. The Kier molecular flexibility index (Phi) is 2.59. The highest BCUT2D eigenvalue weighted by atomic mass is 32.2. The van der Waals surface area contributed by atoms with E-state index in [1.54, 1.807) is 17.6 Å². The summed E-state index contributed by atoms with van der Waals surface area (Å²) in [5, 5.41) is 5.23. The molecule has 4 heterocycles. The van der Waals surface area contributed by atoms with Crippen LogP contribution in [-0.4, -0.2) is 0 Å². The standard InChI is InChI=1S/C21H14NOS2/c1-11-4-3-5-15-17(11)19-18-13(6-8-22(19)2)20-14(10-16(18)24-15)12-7-9-23-21(12)25-20/h3-10H,1-2H3/q+1. The Labute approximate surface area is 152 Å². The molecule has 5 aromatic rings. The number of fused-ring (bicyclic) bond motifs is 6. The summed E-state index contributed by atoms with van der Waals surface area (Å²) in [7, 11) is 2.15. The van der Waals surface area contributed by atoms with Crippen LogP contribution < -0.4 is 4.57 Å². The van der Waals surface area contributed by atoms with Crippen molar-refractivity contribution >= 4 is 54.2 Å². The van der Waals surface area contributed by atoms with Crippen LogP contribution in [0.1, 0.15) is 5.56 Å². The number of benzene rings is 2. The molecule has 4 heteroatoms. The van der Waals surface area contributed by atoms with Gasteiger partial charge in [-0.15, -0.1) is 0 Å². The predicted molar refractivity (Wildman–Crippen MR) is 105 cm³/mol. The molecule has 1 aliphatic heterocycles. The van der Waals surface area contributed by atoms with Crippen molar-refractivity contribution in [3.05, 3.63) is 54.4 Å². The molecule has 120 valence electrons. The van der Waals surface area contributed by atoms with Gasteiger partial charge in [0, 0.05) is 36.7 Å². The largest absolute Gasteiger partial charge is 0.454 e. The fourth-order valence-electron chi connectivity index (χ4n) is 4.01. The van der Waals surface area contributed by atoms with Crippen LogP contribution in [0.2, 0.25) is 0 Å². The van der Waals surface area contributed by atoms with E-state index in [1.165, 1.54) is 52.9 Å². The summed E-state index contributed by atoms with van der Waals surface area (Å²) in [6.45, 7) is 2.21. The number of thiophene rings is 1. The summed E-state index contributed by atoms with van der Waals surface area (Å²) >= 11 is 3.64. The van der Waals surface area contributed by atoms with Crippen LogP contribution in [0.5, 0.6) is 0 Å². The van der Waals surface area contributed by atoms with Crippen molar-refractivity contribution in [2.24, 2.45) is 7.05 Å². The smallest absolute Gasteiger partial charge is 0.222 e. The number of furan rings is 1. The Morgan fingerprint density at radius 2 is 1.92 bits per heavy atom. The van der Waals surface area contributed by atoms with Crippen molar-refractivity contribution < 1.29 is 8.98 Å².